The summed E-state index contributed by atoms with van der Waals surface area (Å²) in [6.07, 6.45) is 6.02. The smallest absolute Gasteiger partial charge is 0.223 e. The minimum atomic E-state index is -1.15. The van der Waals surface area contributed by atoms with E-state index < -0.39 is 8.07 Å². The summed E-state index contributed by atoms with van der Waals surface area (Å²) in [5, 5.41) is 4.43. The molecule has 2 atom stereocenters. The van der Waals surface area contributed by atoms with Crippen LogP contribution in [-0.4, -0.2) is 41.3 Å². The van der Waals surface area contributed by atoms with Crippen LogP contribution in [0.15, 0.2) is 30.6 Å². The van der Waals surface area contributed by atoms with Crippen molar-refractivity contribution in [3.05, 3.63) is 47.6 Å². The molecular formula is C24H32N6OSi. The van der Waals surface area contributed by atoms with E-state index in [9.17, 15) is 0 Å². The molecule has 1 aliphatic rings. The summed E-state index contributed by atoms with van der Waals surface area (Å²) in [5.74, 6) is 0.607. The molecule has 3 N–H and O–H groups in total. The average Bonchev–Trinajstić information content (AvgIpc) is 3.11. The summed E-state index contributed by atoms with van der Waals surface area (Å²) >= 11 is 0. The largest absolute Gasteiger partial charge is 0.361 e. The van der Waals surface area contributed by atoms with Crippen molar-refractivity contribution in [1.82, 2.24) is 14.5 Å². The Kier molecular flexibility index (Phi) is 6.33. The van der Waals surface area contributed by atoms with Gasteiger partial charge in [0.25, 0.3) is 0 Å². The number of nitrogens with two attached hydrogens (primary N) is 1. The van der Waals surface area contributed by atoms with Crippen molar-refractivity contribution in [2.24, 2.45) is 5.73 Å². The standard InChI is InChI=1S/C24H32N6OSi/c1-16-13-27-24(28-21-9-8-20(21)25)29-23(16)19-14-30(15-31-10-11-32(3,4)5)22-12-17(26-2)6-7-18(19)22/h6-7,12-14,20-21H,8-11,15,25H2,1,3-5H3,(H,27,28,29)/t20-,21-/m0/s1. The van der Waals surface area contributed by atoms with Gasteiger partial charge in [0.1, 0.15) is 6.73 Å². The zero-order chi connectivity index (χ0) is 22.9. The van der Waals surface area contributed by atoms with Crippen molar-refractivity contribution in [3.63, 3.8) is 0 Å². The Morgan fingerprint density at radius 2 is 2.12 bits per heavy atom. The topological polar surface area (TPSA) is 82.4 Å². The van der Waals surface area contributed by atoms with E-state index in [-0.39, 0.29) is 12.1 Å². The maximum absolute atomic E-state index is 7.41. The first-order chi connectivity index (χ1) is 15.2. The summed E-state index contributed by atoms with van der Waals surface area (Å²) in [7, 11) is -1.15. The Balaban J connectivity index is 1.67. The Bertz CT molecular complexity index is 1160. The van der Waals surface area contributed by atoms with Crippen LogP contribution in [0, 0.1) is 13.5 Å². The molecule has 0 radical (unpaired) electrons. The number of ether oxygens (including phenoxy) is 1. The SMILES string of the molecule is [C-]#[N+]c1ccc2c(-c3nc(N[C@H]4CC[C@@H]4N)ncc3C)cn(COCC[Si](C)(C)C)c2c1. The summed E-state index contributed by atoms with van der Waals surface area (Å²) in [6.45, 7) is 17.7. The van der Waals surface area contributed by atoms with Gasteiger partial charge < -0.3 is 20.4 Å². The highest BCUT2D eigenvalue weighted by Gasteiger charge is 2.28. The van der Waals surface area contributed by atoms with Crippen molar-refractivity contribution in [1.29, 1.82) is 0 Å². The van der Waals surface area contributed by atoms with Crippen LogP contribution in [0.2, 0.25) is 25.7 Å². The van der Waals surface area contributed by atoms with E-state index in [4.69, 9.17) is 22.0 Å². The van der Waals surface area contributed by atoms with Gasteiger partial charge in [0.05, 0.1) is 12.3 Å². The molecule has 8 heteroatoms. The van der Waals surface area contributed by atoms with Crippen molar-refractivity contribution >= 4 is 30.6 Å². The lowest BCUT2D eigenvalue weighted by Gasteiger charge is -2.34. The fraction of sp³-hybridized carbons (Fsp3) is 0.458. The van der Waals surface area contributed by atoms with E-state index in [0.29, 0.717) is 18.4 Å². The molecule has 168 valence electrons. The van der Waals surface area contributed by atoms with Gasteiger partial charge >= 0.3 is 0 Å². The molecule has 1 saturated carbocycles. The van der Waals surface area contributed by atoms with Gasteiger partial charge in [0.2, 0.25) is 5.95 Å². The number of rotatable bonds is 8. The summed E-state index contributed by atoms with van der Waals surface area (Å²) in [4.78, 5) is 12.9. The van der Waals surface area contributed by atoms with Gasteiger partial charge in [-0.25, -0.2) is 14.8 Å². The molecule has 0 saturated heterocycles. The van der Waals surface area contributed by atoms with Crippen LogP contribution >= 0.6 is 0 Å². The van der Waals surface area contributed by atoms with Crippen LogP contribution in [0.4, 0.5) is 11.6 Å². The molecule has 4 rings (SSSR count). The summed E-state index contributed by atoms with van der Waals surface area (Å²) in [6, 6.07) is 7.30. The molecule has 1 aromatic carbocycles. The van der Waals surface area contributed by atoms with Gasteiger partial charge in [0, 0.05) is 55.6 Å². The Morgan fingerprint density at radius 1 is 1.31 bits per heavy atom. The van der Waals surface area contributed by atoms with E-state index >= 15 is 0 Å². The molecule has 1 fully saturated rings. The monoisotopic (exact) mass is 448 g/mol. The number of aromatic nitrogens is 3. The van der Waals surface area contributed by atoms with E-state index in [1.807, 2.05) is 31.3 Å². The molecule has 0 amide bonds. The Morgan fingerprint density at radius 3 is 2.78 bits per heavy atom. The number of aryl methyl sites for hydroxylation is 1. The fourth-order valence-corrected chi connectivity index (χ4v) is 4.60. The maximum Gasteiger partial charge on any atom is 0.223 e. The van der Waals surface area contributed by atoms with Crippen molar-refractivity contribution < 1.29 is 4.74 Å². The molecule has 1 aliphatic carbocycles. The first kappa shape index (κ1) is 22.5. The second kappa shape index (κ2) is 9.02. The van der Waals surface area contributed by atoms with E-state index in [2.05, 4.69) is 45.6 Å². The lowest BCUT2D eigenvalue weighted by Crippen LogP contribution is -2.49. The zero-order valence-electron chi connectivity index (χ0n) is 19.4. The van der Waals surface area contributed by atoms with Gasteiger partial charge in [-0.3, -0.25) is 0 Å². The van der Waals surface area contributed by atoms with Crippen LogP contribution < -0.4 is 11.1 Å². The minimum absolute atomic E-state index is 0.158. The van der Waals surface area contributed by atoms with E-state index in [1.165, 1.54) is 0 Å². The number of fused-ring (bicyclic) bond motifs is 1. The minimum Gasteiger partial charge on any atom is -0.361 e. The molecule has 2 aromatic heterocycles. The van der Waals surface area contributed by atoms with Crippen molar-refractivity contribution in [3.8, 4) is 11.3 Å². The lowest BCUT2D eigenvalue weighted by atomic mass is 9.87. The molecule has 0 aliphatic heterocycles. The third kappa shape index (κ3) is 4.85. The zero-order valence-corrected chi connectivity index (χ0v) is 20.4. The third-order valence-electron chi connectivity index (χ3n) is 6.09. The van der Waals surface area contributed by atoms with Gasteiger partial charge in [-0.15, -0.1) is 0 Å². The number of hydrogen-bond acceptors (Lipinski definition) is 5. The normalized spacial score (nSPS) is 18.4. The molecule has 0 spiro atoms. The number of anilines is 1. The van der Waals surface area contributed by atoms with Crippen LogP contribution in [0.5, 0.6) is 0 Å². The molecule has 3 aromatic rings. The number of nitrogens with zero attached hydrogens (tertiary/aromatic N) is 4. The second-order valence-electron chi connectivity index (χ2n) is 9.89. The molecule has 32 heavy (non-hydrogen) atoms. The highest BCUT2D eigenvalue weighted by Crippen LogP contribution is 2.34. The summed E-state index contributed by atoms with van der Waals surface area (Å²) in [5.41, 5.74) is 10.6. The first-order valence-corrected chi connectivity index (χ1v) is 14.9. The molecule has 2 heterocycles. The lowest BCUT2D eigenvalue weighted by molar-refractivity contribution is 0.0903. The Labute approximate surface area is 190 Å². The van der Waals surface area contributed by atoms with Crippen molar-refractivity contribution in [2.45, 2.75) is 64.3 Å². The second-order valence-corrected chi connectivity index (χ2v) is 15.5. The third-order valence-corrected chi connectivity index (χ3v) is 7.80. The van der Waals surface area contributed by atoms with Crippen LogP contribution in [0.1, 0.15) is 18.4 Å². The van der Waals surface area contributed by atoms with Gasteiger partial charge in [-0.1, -0.05) is 31.8 Å². The maximum atomic E-state index is 7.41. The number of nitrogens with one attached hydrogen (secondary N) is 1. The van der Waals surface area contributed by atoms with Gasteiger partial charge in [0.15, 0.2) is 5.69 Å². The fourth-order valence-electron chi connectivity index (χ4n) is 3.84. The van der Waals surface area contributed by atoms with Gasteiger partial charge in [-0.05, 0) is 37.4 Å². The highest BCUT2D eigenvalue weighted by molar-refractivity contribution is 6.76. The summed E-state index contributed by atoms with van der Waals surface area (Å²) < 4.78 is 8.11. The molecule has 0 bridgehead atoms. The van der Waals surface area contributed by atoms with Crippen molar-refractivity contribution in [2.75, 3.05) is 11.9 Å². The van der Waals surface area contributed by atoms with E-state index in [1.54, 1.807) is 0 Å². The molecular weight excluding hydrogens is 416 g/mol. The van der Waals surface area contributed by atoms with Crippen LogP contribution in [-0.2, 0) is 11.5 Å². The van der Waals surface area contributed by atoms with Crippen LogP contribution in [0.3, 0.4) is 0 Å². The van der Waals surface area contributed by atoms with Gasteiger partial charge in [-0.2, -0.15) is 0 Å². The number of benzene rings is 1. The van der Waals surface area contributed by atoms with Crippen LogP contribution in [0.25, 0.3) is 27.0 Å². The quantitative estimate of drug-likeness (QED) is 0.282. The Hall–Kier alpha value is -2.73. The molecule has 7 nitrogen and oxygen atoms in total. The predicted molar refractivity (Wildman–Crippen MR) is 133 cm³/mol. The highest BCUT2D eigenvalue weighted by atomic mass is 28.3. The number of hydrogen-bond donors (Lipinski definition) is 2. The van der Waals surface area contributed by atoms with E-state index in [0.717, 1.165) is 53.2 Å². The molecule has 0 unspecified atom stereocenters. The first-order valence-electron chi connectivity index (χ1n) is 11.2. The predicted octanol–water partition coefficient (Wildman–Crippen LogP) is 5.17. The average molecular weight is 449 g/mol.